The Bertz CT molecular complexity index is 1440. The maximum absolute atomic E-state index is 13.2. The molecule has 0 bridgehead atoms. The van der Waals surface area contributed by atoms with Crippen LogP contribution in [0.2, 0.25) is 0 Å². The highest BCUT2D eigenvalue weighted by Gasteiger charge is 2.23. The highest BCUT2D eigenvalue weighted by atomic mass is 16.5. The van der Waals surface area contributed by atoms with E-state index in [1.165, 1.54) is 16.5 Å². The van der Waals surface area contributed by atoms with Gasteiger partial charge in [0.15, 0.2) is 0 Å². The normalized spacial score (nSPS) is 11.8. The second-order valence-electron chi connectivity index (χ2n) is 9.24. The molecule has 1 atom stereocenters. The molecule has 0 saturated heterocycles. The van der Waals surface area contributed by atoms with Crippen molar-refractivity contribution in [1.29, 1.82) is 0 Å². The molecule has 4 heteroatoms. The average molecular weight is 489 g/mol. The van der Waals surface area contributed by atoms with Crippen LogP contribution in [-0.4, -0.2) is 17.1 Å². The van der Waals surface area contributed by atoms with E-state index in [4.69, 9.17) is 4.74 Å². The SMILES string of the molecule is CCOc1ccc([C@@H](CC(=O)NCc2ccccc2)c2cn(Cc3ccccc3)c3ccccc23)cc1. The van der Waals surface area contributed by atoms with Crippen molar-refractivity contribution in [3.8, 4) is 5.75 Å². The number of ether oxygens (including phenoxy) is 1. The average Bonchev–Trinajstić information content (AvgIpc) is 3.30. The third-order valence-electron chi connectivity index (χ3n) is 6.71. The van der Waals surface area contributed by atoms with Gasteiger partial charge in [0.05, 0.1) is 6.61 Å². The highest BCUT2D eigenvalue weighted by Crippen LogP contribution is 2.36. The molecule has 4 aromatic carbocycles. The number of rotatable bonds is 10. The number of aromatic nitrogens is 1. The molecule has 0 aliphatic rings. The van der Waals surface area contributed by atoms with Gasteiger partial charge in [-0.2, -0.15) is 0 Å². The Morgan fingerprint density at radius 1 is 0.811 bits per heavy atom. The lowest BCUT2D eigenvalue weighted by molar-refractivity contribution is -0.121. The molecule has 0 saturated carbocycles. The summed E-state index contributed by atoms with van der Waals surface area (Å²) in [7, 11) is 0. The Kier molecular flexibility index (Phi) is 7.66. The summed E-state index contributed by atoms with van der Waals surface area (Å²) in [5.74, 6) is 0.779. The summed E-state index contributed by atoms with van der Waals surface area (Å²) in [4.78, 5) is 13.2. The van der Waals surface area contributed by atoms with E-state index in [9.17, 15) is 4.79 Å². The third-order valence-corrected chi connectivity index (χ3v) is 6.71. The smallest absolute Gasteiger partial charge is 0.221 e. The number of nitrogens with one attached hydrogen (secondary N) is 1. The maximum Gasteiger partial charge on any atom is 0.221 e. The molecule has 0 radical (unpaired) electrons. The topological polar surface area (TPSA) is 43.3 Å². The van der Waals surface area contributed by atoms with E-state index in [0.717, 1.165) is 29.0 Å². The fourth-order valence-corrected chi connectivity index (χ4v) is 4.89. The van der Waals surface area contributed by atoms with Gasteiger partial charge in [-0.05, 0) is 47.4 Å². The summed E-state index contributed by atoms with van der Waals surface area (Å²) in [5, 5.41) is 4.30. The zero-order chi connectivity index (χ0) is 25.5. The van der Waals surface area contributed by atoms with Crippen molar-refractivity contribution in [1.82, 2.24) is 9.88 Å². The number of nitrogens with zero attached hydrogens (tertiary/aromatic N) is 1. The molecule has 5 aromatic rings. The quantitative estimate of drug-likeness (QED) is 0.232. The first-order valence-electron chi connectivity index (χ1n) is 12.9. The first-order chi connectivity index (χ1) is 18.2. The van der Waals surface area contributed by atoms with E-state index >= 15 is 0 Å². The number of hydrogen-bond donors (Lipinski definition) is 1. The molecule has 37 heavy (non-hydrogen) atoms. The monoisotopic (exact) mass is 488 g/mol. The van der Waals surface area contributed by atoms with Gasteiger partial charge >= 0.3 is 0 Å². The van der Waals surface area contributed by atoms with Crippen LogP contribution in [0, 0.1) is 0 Å². The van der Waals surface area contributed by atoms with Crippen LogP contribution < -0.4 is 10.1 Å². The van der Waals surface area contributed by atoms with Crippen molar-refractivity contribution in [3.63, 3.8) is 0 Å². The van der Waals surface area contributed by atoms with Crippen molar-refractivity contribution >= 4 is 16.8 Å². The van der Waals surface area contributed by atoms with E-state index in [0.29, 0.717) is 19.6 Å². The minimum absolute atomic E-state index is 0.0302. The third kappa shape index (κ3) is 5.92. The molecule has 4 nitrogen and oxygen atoms in total. The van der Waals surface area contributed by atoms with Crippen LogP contribution in [0.1, 0.15) is 41.5 Å². The lowest BCUT2D eigenvalue weighted by Crippen LogP contribution is -2.25. The molecule has 1 amide bonds. The van der Waals surface area contributed by atoms with Gasteiger partial charge in [0.25, 0.3) is 0 Å². The molecular formula is C33H32N2O2. The van der Waals surface area contributed by atoms with Crippen LogP contribution in [0.25, 0.3) is 10.9 Å². The predicted molar refractivity (Wildman–Crippen MR) is 150 cm³/mol. The minimum atomic E-state index is -0.0895. The molecule has 0 aliphatic heterocycles. The Labute approximate surface area is 218 Å². The van der Waals surface area contributed by atoms with E-state index in [1.807, 2.05) is 55.5 Å². The van der Waals surface area contributed by atoms with Crippen LogP contribution in [0.3, 0.4) is 0 Å². The largest absolute Gasteiger partial charge is 0.494 e. The summed E-state index contributed by atoms with van der Waals surface area (Å²) in [6.07, 6.45) is 2.59. The van der Waals surface area contributed by atoms with Crippen LogP contribution in [0.4, 0.5) is 0 Å². The fourth-order valence-electron chi connectivity index (χ4n) is 4.89. The standard InChI is InChI=1S/C33H32N2O2/c1-2-37-28-19-17-27(18-20-28)30(21-33(36)34-22-25-11-5-3-6-12-25)31-24-35(23-26-13-7-4-8-14-26)32-16-10-9-15-29(31)32/h3-20,24,30H,2,21-23H2,1H3,(H,34,36)/t30-/m1/s1. The number of para-hydroxylation sites is 1. The van der Waals surface area contributed by atoms with Gasteiger partial charge in [-0.15, -0.1) is 0 Å². The van der Waals surface area contributed by atoms with Gasteiger partial charge in [-0.3, -0.25) is 4.79 Å². The van der Waals surface area contributed by atoms with Crippen molar-refractivity contribution in [2.45, 2.75) is 32.4 Å². The molecule has 5 rings (SSSR count). The van der Waals surface area contributed by atoms with Crippen molar-refractivity contribution in [2.24, 2.45) is 0 Å². The van der Waals surface area contributed by atoms with Gasteiger partial charge in [0.2, 0.25) is 5.91 Å². The van der Waals surface area contributed by atoms with Crippen molar-refractivity contribution < 1.29 is 9.53 Å². The number of amides is 1. The molecule has 1 aromatic heterocycles. The lowest BCUT2D eigenvalue weighted by atomic mass is 9.88. The summed E-state index contributed by atoms with van der Waals surface area (Å²) in [6, 6.07) is 37.1. The molecule has 1 N–H and O–H groups in total. The fraction of sp³-hybridized carbons (Fsp3) is 0.182. The van der Waals surface area contributed by atoms with E-state index in [2.05, 4.69) is 76.7 Å². The molecular weight excluding hydrogens is 456 g/mol. The van der Waals surface area contributed by atoms with E-state index in [-0.39, 0.29) is 11.8 Å². The van der Waals surface area contributed by atoms with Crippen molar-refractivity contribution in [3.05, 3.63) is 138 Å². The minimum Gasteiger partial charge on any atom is -0.494 e. The summed E-state index contributed by atoms with van der Waals surface area (Å²) >= 11 is 0. The maximum atomic E-state index is 13.2. The Morgan fingerprint density at radius 2 is 1.46 bits per heavy atom. The van der Waals surface area contributed by atoms with E-state index in [1.54, 1.807) is 0 Å². The molecule has 0 fully saturated rings. The summed E-state index contributed by atoms with van der Waals surface area (Å²) in [6.45, 7) is 3.90. The summed E-state index contributed by atoms with van der Waals surface area (Å²) in [5.41, 5.74) is 5.76. The predicted octanol–water partition coefficient (Wildman–Crippen LogP) is 6.93. The zero-order valence-corrected chi connectivity index (χ0v) is 21.1. The lowest BCUT2D eigenvalue weighted by Gasteiger charge is -2.18. The Hall–Kier alpha value is -4.31. The Balaban J connectivity index is 1.49. The molecule has 0 unspecified atom stereocenters. The van der Waals surface area contributed by atoms with Crippen LogP contribution in [-0.2, 0) is 17.9 Å². The zero-order valence-electron chi connectivity index (χ0n) is 21.1. The van der Waals surface area contributed by atoms with Gasteiger partial charge in [-0.25, -0.2) is 0 Å². The first-order valence-corrected chi connectivity index (χ1v) is 12.9. The number of carbonyl (C=O) groups excluding carboxylic acids is 1. The van der Waals surface area contributed by atoms with Crippen LogP contribution in [0.5, 0.6) is 5.75 Å². The summed E-state index contributed by atoms with van der Waals surface area (Å²) < 4.78 is 7.97. The number of hydrogen-bond acceptors (Lipinski definition) is 2. The second kappa shape index (κ2) is 11.6. The van der Waals surface area contributed by atoms with Gasteiger partial charge in [0, 0.05) is 42.5 Å². The molecule has 1 heterocycles. The first kappa shape index (κ1) is 24.4. The highest BCUT2D eigenvalue weighted by molar-refractivity contribution is 5.86. The second-order valence-corrected chi connectivity index (χ2v) is 9.24. The van der Waals surface area contributed by atoms with E-state index < -0.39 is 0 Å². The van der Waals surface area contributed by atoms with Gasteiger partial charge in [0.1, 0.15) is 5.75 Å². The van der Waals surface area contributed by atoms with Crippen molar-refractivity contribution in [2.75, 3.05) is 6.61 Å². The number of benzene rings is 4. The number of fused-ring (bicyclic) bond motifs is 1. The molecule has 0 aliphatic carbocycles. The Morgan fingerprint density at radius 3 is 2.16 bits per heavy atom. The number of carbonyl (C=O) groups is 1. The van der Waals surface area contributed by atoms with Crippen LogP contribution in [0.15, 0.2) is 115 Å². The molecule has 0 spiro atoms. The van der Waals surface area contributed by atoms with Gasteiger partial charge < -0.3 is 14.6 Å². The van der Waals surface area contributed by atoms with Gasteiger partial charge in [-0.1, -0.05) is 91.0 Å². The van der Waals surface area contributed by atoms with Crippen LogP contribution >= 0.6 is 0 Å². The molecule has 186 valence electrons.